The first-order chi connectivity index (χ1) is 5.50. The van der Waals surface area contributed by atoms with Crippen molar-refractivity contribution in [2.45, 2.75) is 27.7 Å². The van der Waals surface area contributed by atoms with Gasteiger partial charge in [-0.25, -0.2) is 0 Å². The van der Waals surface area contributed by atoms with E-state index in [-0.39, 0.29) is 11.7 Å². The quantitative estimate of drug-likeness (QED) is 0.475. The molecule has 0 spiro atoms. The summed E-state index contributed by atoms with van der Waals surface area (Å²) in [5.74, 6) is -1.10. The molecule has 0 aliphatic carbocycles. The molecule has 0 unspecified atom stereocenters. The number of ketones is 1. The number of Topliss-reactive ketones (excluding diaryl/α,β-unsaturated/α-hetero) is 1. The Morgan fingerprint density at radius 3 is 2.08 bits per heavy atom. The highest BCUT2D eigenvalue weighted by Gasteiger charge is 2.27. The maximum atomic E-state index is 11.2. The van der Waals surface area contributed by atoms with Crippen LogP contribution >= 0.6 is 0 Å². The van der Waals surface area contributed by atoms with Crippen molar-refractivity contribution >= 4 is 11.8 Å². The molecule has 0 aromatic rings. The van der Waals surface area contributed by atoms with Crippen LogP contribution in [-0.2, 0) is 14.3 Å². The summed E-state index contributed by atoms with van der Waals surface area (Å²) in [6.07, 6.45) is 0. The Morgan fingerprint density at radius 1 is 1.33 bits per heavy atom. The Kier molecular flexibility index (Phi) is 4.55. The van der Waals surface area contributed by atoms with Gasteiger partial charge in [-0.2, -0.15) is 0 Å². The largest absolute Gasteiger partial charge is 0.465 e. The lowest BCUT2D eigenvalue weighted by Crippen LogP contribution is -2.28. The standard InChI is InChI=1S/C9H16O3/c1-5-12-9(11)8(6(2)3)7(4)10/h6,8H,5H2,1-4H3/t8-/m1/s1. The molecule has 1 atom stereocenters. The average molecular weight is 172 g/mol. The molecule has 0 amide bonds. The Bertz CT molecular complexity index is 173. The molecule has 3 heteroatoms. The first-order valence-corrected chi connectivity index (χ1v) is 4.17. The zero-order valence-corrected chi connectivity index (χ0v) is 8.09. The van der Waals surface area contributed by atoms with Crippen LogP contribution < -0.4 is 0 Å². The van der Waals surface area contributed by atoms with E-state index in [9.17, 15) is 9.59 Å². The van der Waals surface area contributed by atoms with Crippen LogP contribution in [0.25, 0.3) is 0 Å². The van der Waals surface area contributed by atoms with Gasteiger partial charge in [0.2, 0.25) is 0 Å². The monoisotopic (exact) mass is 172 g/mol. The molecule has 0 bridgehead atoms. The third kappa shape index (κ3) is 3.03. The van der Waals surface area contributed by atoms with E-state index in [1.807, 2.05) is 13.8 Å². The lowest BCUT2D eigenvalue weighted by molar-refractivity contribution is -0.152. The number of carbonyl (C=O) groups excluding carboxylic acids is 2. The van der Waals surface area contributed by atoms with Crippen LogP contribution in [0.15, 0.2) is 0 Å². The van der Waals surface area contributed by atoms with Crippen LogP contribution in [0, 0.1) is 11.8 Å². The molecule has 70 valence electrons. The van der Waals surface area contributed by atoms with Gasteiger partial charge in [-0.05, 0) is 19.8 Å². The Morgan fingerprint density at radius 2 is 1.83 bits per heavy atom. The van der Waals surface area contributed by atoms with Crippen LogP contribution in [0.5, 0.6) is 0 Å². The van der Waals surface area contributed by atoms with Crippen molar-refractivity contribution in [3.8, 4) is 0 Å². The minimum Gasteiger partial charge on any atom is -0.465 e. The number of ether oxygens (including phenoxy) is 1. The van der Waals surface area contributed by atoms with Crippen molar-refractivity contribution in [3.05, 3.63) is 0 Å². The summed E-state index contributed by atoms with van der Waals surface area (Å²) in [4.78, 5) is 22.2. The zero-order chi connectivity index (χ0) is 9.72. The van der Waals surface area contributed by atoms with E-state index < -0.39 is 11.9 Å². The molecule has 0 saturated carbocycles. The topological polar surface area (TPSA) is 43.4 Å². The maximum absolute atomic E-state index is 11.2. The zero-order valence-electron chi connectivity index (χ0n) is 8.09. The fourth-order valence-corrected chi connectivity index (χ4v) is 1.14. The van der Waals surface area contributed by atoms with E-state index in [2.05, 4.69) is 0 Å². The molecular formula is C9H16O3. The highest BCUT2D eigenvalue weighted by molar-refractivity contribution is 5.97. The number of rotatable bonds is 4. The summed E-state index contributed by atoms with van der Waals surface area (Å²) in [7, 11) is 0. The molecule has 0 heterocycles. The molecule has 0 aromatic carbocycles. The molecule has 0 N–H and O–H groups in total. The summed E-state index contributed by atoms with van der Waals surface area (Å²) in [5.41, 5.74) is 0. The summed E-state index contributed by atoms with van der Waals surface area (Å²) >= 11 is 0. The van der Waals surface area contributed by atoms with Gasteiger partial charge in [0.1, 0.15) is 11.7 Å². The number of hydrogen-bond acceptors (Lipinski definition) is 3. The van der Waals surface area contributed by atoms with Gasteiger partial charge in [0, 0.05) is 0 Å². The van der Waals surface area contributed by atoms with Gasteiger partial charge >= 0.3 is 5.97 Å². The third-order valence-electron chi connectivity index (χ3n) is 1.65. The minimum absolute atomic E-state index is 0.0153. The Labute approximate surface area is 73.1 Å². The summed E-state index contributed by atoms with van der Waals surface area (Å²) in [6, 6.07) is 0. The van der Waals surface area contributed by atoms with Crippen molar-refractivity contribution in [2.75, 3.05) is 6.61 Å². The van der Waals surface area contributed by atoms with E-state index in [1.165, 1.54) is 6.92 Å². The molecule has 0 aromatic heterocycles. The molecule has 0 saturated heterocycles. The van der Waals surface area contributed by atoms with Crippen molar-refractivity contribution < 1.29 is 14.3 Å². The van der Waals surface area contributed by atoms with Gasteiger partial charge in [-0.15, -0.1) is 0 Å². The van der Waals surface area contributed by atoms with E-state index in [1.54, 1.807) is 6.92 Å². The maximum Gasteiger partial charge on any atom is 0.316 e. The smallest absolute Gasteiger partial charge is 0.316 e. The first kappa shape index (κ1) is 11.1. The van der Waals surface area contributed by atoms with Crippen LogP contribution in [0.4, 0.5) is 0 Å². The van der Waals surface area contributed by atoms with Crippen molar-refractivity contribution in [2.24, 2.45) is 11.8 Å². The average Bonchev–Trinajstić information content (AvgIpc) is 1.85. The highest BCUT2D eigenvalue weighted by Crippen LogP contribution is 2.13. The predicted molar refractivity (Wildman–Crippen MR) is 45.6 cm³/mol. The summed E-state index contributed by atoms with van der Waals surface area (Å²) < 4.78 is 4.77. The van der Waals surface area contributed by atoms with Gasteiger partial charge in [0.25, 0.3) is 0 Å². The molecule has 0 fully saturated rings. The van der Waals surface area contributed by atoms with Gasteiger partial charge in [-0.3, -0.25) is 9.59 Å². The molecular weight excluding hydrogens is 156 g/mol. The molecule has 0 radical (unpaired) electrons. The van der Waals surface area contributed by atoms with Crippen molar-refractivity contribution in [1.29, 1.82) is 0 Å². The molecule has 0 aliphatic heterocycles. The Balaban J connectivity index is 4.30. The highest BCUT2D eigenvalue weighted by atomic mass is 16.5. The fourth-order valence-electron chi connectivity index (χ4n) is 1.14. The normalized spacial score (nSPS) is 12.8. The minimum atomic E-state index is -0.593. The predicted octanol–water partition coefficient (Wildman–Crippen LogP) is 1.41. The lowest BCUT2D eigenvalue weighted by Gasteiger charge is -2.15. The second-order valence-corrected chi connectivity index (χ2v) is 3.08. The first-order valence-electron chi connectivity index (χ1n) is 4.17. The lowest BCUT2D eigenvalue weighted by atomic mass is 9.92. The number of hydrogen-bond donors (Lipinski definition) is 0. The van der Waals surface area contributed by atoms with Gasteiger partial charge in [-0.1, -0.05) is 13.8 Å². The number of esters is 1. The van der Waals surface area contributed by atoms with Gasteiger partial charge in [0.15, 0.2) is 0 Å². The molecule has 0 aliphatic rings. The van der Waals surface area contributed by atoms with Crippen LogP contribution in [-0.4, -0.2) is 18.4 Å². The van der Waals surface area contributed by atoms with Crippen molar-refractivity contribution in [3.63, 3.8) is 0 Å². The Hall–Kier alpha value is -0.860. The van der Waals surface area contributed by atoms with Crippen LogP contribution in [0.1, 0.15) is 27.7 Å². The SMILES string of the molecule is CCOC(=O)[C@@H](C(C)=O)C(C)C. The van der Waals surface area contributed by atoms with Crippen molar-refractivity contribution in [1.82, 2.24) is 0 Å². The fraction of sp³-hybridized carbons (Fsp3) is 0.778. The van der Waals surface area contributed by atoms with E-state index >= 15 is 0 Å². The summed E-state index contributed by atoms with van der Waals surface area (Å²) in [6.45, 7) is 7.15. The second-order valence-electron chi connectivity index (χ2n) is 3.08. The van der Waals surface area contributed by atoms with Gasteiger partial charge < -0.3 is 4.74 Å². The van der Waals surface area contributed by atoms with E-state index in [0.717, 1.165) is 0 Å². The summed E-state index contributed by atoms with van der Waals surface area (Å²) in [5, 5.41) is 0. The van der Waals surface area contributed by atoms with Crippen LogP contribution in [0.3, 0.4) is 0 Å². The molecule has 12 heavy (non-hydrogen) atoms. The van der Waals surface area contributed by atoms with Crippen LogP contribution in [0.2, 0.25) is 0 Å². The molecule has 0 rings (SSSR count). The number of carbonyl (C=O) groups is 2. The molecule has 3 nitrogen and oxygen atoms in total. The van der Waals surface area contributed by atoms with E-state index in [4.69, 9.17) is 4.74 Å². The second kappa shape index (κ2) is 4.91. The van der Waals surface area contributed by atoms with Gasteiger partial charge in [0.05, 0.1) is 6.61 Å². The van der Waals surface area contributed by atoms with E-state index in [0.29, 0.717) is 6.61 Å². The third-order valence-corrected chi connectivity index (χ3v) is 1.65.